The van der Waals surface area contributed by atoms with E-state index in [0.717, 1.165) is 6.54 Å². The smallest absolute Gasteiger partial charge is 0.307 e. The molecule has 0 aliphatic rings. The van der Waals surface area contributed by atoms with Crippen LogP contribution in [0.25, 0.3) is 0 Å². The molecule has 0 fully saturated rings. The van der Waals surface area contributed by atoms with Crippen molar-refractivity contribution >= 4 is 17.3 Å². The molecular formula is C9H13NO2S. The van der Waals surface area contributed by atoms with Gasteiger partial charge in [0.25, 0.3) is 0 Å². The fourth-order valence-corrected chi connectivity index (χ4v) is 1.58. The molecule has 0 radical (unpaired) electrons. The van der Waals surface area contributed by atoms with Crippen LogP contribution in [0.2, 0.25) is 0 Å². The zero-order valence-corrected chi connectivity index (χ0v) is 8.30. The Morgan fingerprint density at radius 1 is 1.77 bits per heavy atom. The van der Waals surface area contributed by atoms with Crippen LogP contribution in [-0.2, 0) is 11.3 Å². The highest BCUT2D eigenvalue weighted by atomic mass is 32.1. The Morgan fingerprint density at radius 2 is 2.54 bits per heavy atom. The SMILES string of the molecule is CC(CNCc1ccsc1)C(=O)O. The highest BCUT2D eigenvalue weighted by Crippen LogP contribution is 2.05. The van der Waals surface area contributed by atoms with Gasteiger partial charge in [0, 0.05) is 13.1 Å². The number of carbonyl (C=O) groups is 1. The van der Waals surface area contributed by atoms with Crippen molar-refractivity contribution < 1.29 is 9.90 Å². The Hall–Kier alpha value is -0.870. The van der Waals surface area contributed by atoms with Gasteiger partial charge in [-0.25, -0.2) is 0 Å². The minimum absolute atomic E-state index is 0.321. The van der Waals surface area contributed by atoms with E-state index >= 15 is 0 Å². The number of aliphatic carboxylic acids is 1. The number of rotatable bonds is 5. The first kappa shape index (κ1) is 10.2. The summed E-state index contributed by atoms with van der Waals surface area (Å²) in [5.41, 5.74) is 1.21. The number of thiophene rings is 1. The van der Waals surface area contributed by atoms with Crippen LogP contribution in [0.4, 0.5) is 0 Å². The quantitative estimate of drug-likeness (QED) is 0.756. The van der Waals surface area contributed by atoms with Gasteiger partial charge in [-0.15, -0.1) is 0 Å². The van der Waals surface area contributed by atoms with Gasteiger partial charge < -0.3 is 10.4 Å². The normalized spacial score (nSPS) is 12.7. The fraction of sp³-hybridized carbons (Fsp3) is 0.444. The van der Waals surface area contributed by atoms with Crippen LogP contribution in [-0.4, -0.2) is 17.6 Å². The zero-order valence-electron chi connectivity index (χ0n) is 7.49. The van der Waals surface area contributed by atoms with Gasteiger partial charge in [-0.05, 0) is 22.4 Å². The van der Waals surface area contributed by atoms with Crippen LogP contribution in [0.1, 0.15) is 12.5 Å². The molecule has 0 aliphatic carbocycles. The van der Waals surface area contributed by atoms with E-state index in [4.69, 9.17) is 5.11 Å². The van der Waals surface area contributed by atoms with Crippen molar-refractivity contribution in [3.8, 4) is 0 Å². The number of carboxylic acid groups (broad SMARTS) is 1. The summed E-state index contributed by atoms with van der Waals surface area (Å²) in [5.74, 6) is -1.07. The molecule has 72 valence electrons. The van der Waals surface area contributed by atoms with Gasteiger partial charge in [0.05, 0.1) is 5.92 Å². The minimum atomic E-state index is -0.752. The molecule has 0 bridgehead atoms. The summed E-state index contributed by atoms with van der Waals surface area (Å²) in [6, 6.07) is 2.03. The Bertz CT molecular complexity index is 259. The first-order valence-electron chi connectivity index (χ1n) is 4.14. The van der Waals surface area contributed by atoms with E-state index in [1.54, 1.807) is 18.3 Å². The Balaban J connectivity index is 2.18. The second-order valence-corrected chi connectivity index (χ2v) is 3.78. The molecule has 0 saturated heterocycles. The van der Waals surface area contributed by atoms with Crippen molar-refractivity contribution in [1.82, 2.24) is 5.32 Å². The lowest BCUT2D eigenvalue weighted by Gasteiger charge is -2.06. The van der Waals surface area contributed by atoms with E-state index in [1.807, 2.05) is 11.4 Å². The summed E-state index contributed by atoms with van der Waals surface area (Å²) >= 11 is 1.65. The predicted molar refractivity (Wildman–Crippen MR) is 52.8 cm³/mol. The van der Waals surface area contributed by atoms with E-state index in [9.17, 15) is 4.79 Å². The van der Waals surface area contributed by atoms with E-state index < -0.39 is 5.97 Å². The first-order valence-corrected chi connectivity index (χ1v) is 5.09. The topological polar surface area (TPSA) is 49.3 Å². The zero-order chi connectivity index (χ0) is 9.68. The Kier molecular flexibility index (Phi) is 3.92. The fourth-order valence-electron chi connectivity index (χ4n) is 0.914. The van der Waals surface area contributed by atoms with Crippen LogP contribution in [0.15, 0.2) is 16.8 Å². The second kappa shape index (κ2) is 4.99. The largest absolute Gasteiger partial charge is 0.481 e. The van der Waals surface area contributed by atoms with Crippen molar-refractivity contribution in [3.05, 3.63) is 22.4 Å². The van der Waals surface area contributed by atoms with Gasteiger partial charge >= 0.3 is 5.97 Å². The van der Waals surface area contributed by atoms with Gasteiger partial charge in [0.1, 0.15) is 0 Å². The molecule has 0 saturated carbocycles. The predicted octanol–water partition coefficient (Wildman–Crippen LogP) is 1.56. The molecule has 0 spiro atoms. The molecule has 4 heteroatoms. The molecule has 1 heterocycles. The van der Waals surface area contributed by atoms with Crippen molar-refractivity contribution in [2.75, 3.05) is 6.54 Å². The summed E-state index contributed by atoms with van der Waals surface area (Å²) in [6.45, 7) is 2.97. The van der Waals surface area contributed by atoms with Gasteiger partial charge in [-0.2, -0.15) is 11.3 Å². The molecule has 2 N–H and O–H groups in total. The van der Waals surface area contributed by atoms with Gasteiger partial charge in [-0.1, -0.05) is 6.92 Å². The minimum Gasteiger partial charge on any atom is -0.481 e. The highest BCUT2D eigenvalue weighted by Gasteiger charge is 2.09. The lowest BCUT2D eigenvalue weighted by molar-refractivity contribution is -0.140. The average Bonchev–Trinajstić information content (AvgIpc) is 2.56. The molecule has 13 heavy (non-hydrogen) atoms. The third-order valence-corrected chi connectivity index (χ3v) is 2.51. The summed E-state index contributed by atoms with van der Waals surface area (Å²) in [7, 11) is 0. The van der Waals surface area contributed by atoms with E-state index in [0.29, 0.717) is 6.54 Å². The van der Waals surface area contributed by atoms with E-state index in [2.05, 4.69) is 10.7 Å². The monoisotopic (exact) mass is 199 g/mol. The molecule has 0 aliphatic heterocycles. The molecule has 1 rings (SSSR count). The van der Waals surface area contributed by atoms with E-state index in [1.165, 1.54) is 5.56 Å². The van der Waals surface area contributed by atoms with Crippen molar-refractivity contribution in [1.29, 1.82) is 0 Å². The molecule has 3 nitrogen and oxygen atoms in total. The van der Waals surface area contributed by atoms with Crippen LogP contribution in [0.3, 0.4) is 0 Å². The lowest BCUT2D eigenvalue weighted by atomic mass is 10.2. The average molecular weight is 199 g/mol. The van der Waals surface area contributed by atoms with Crippen LogP contribution >= 0.6 is 11.3 Å². The molecule has 1 unspecified atom stereocenters. The molecular weight excluding hydrogens is 186 g/mol. The van der Waals surface area contributed by atoms with Crippen LogP contribution < -0.4 is 5.32 Å². The molecule has 1 atom stereocenters. The number of carboxylic acids is 1. The summed E-state index contributed by atoms with van der Waals surface area (Å²) in [5, 5.41) is 15.8. The Morgan fingerprint density at radius 3 is 3.08 bits per heavy atom. The summed E-state index contributed by atoms with van der Waals surface area (Å²) < 4.78 is 0. The number of nitrogens with one attached hydrogen (secondary N) is 1. The third kappa shape index (κ3) is 3.57. The van der Waals surface area contributed by atoms with E-state index in [-0.39, 0.29) is 5.92 Å². The number of hydrogen-bond donors (Lipinski definition) is 2. The van der Waals surface area contributed by atoms with Crippen molar-refractivity contribution in [2.45, 2.75) is 13.5 Å². The molecule has 1 aromatic heterocycles. The molecule has 0 amide bonds. The second-order valence-electron chi connectivity index (χ2n) is 3.00. The van der Waals surface area contributed by atoms with Gasteiger partial charge in [0.2, 0.25) is 0 Å². The molecule has 0 aromatic carbocycles. The number of hydrogen-bond acceptors (Lipinski definition) is 3. The maximum Gasteiger partial charge on any atom is 0.307 e. The van der Waals surface area contributed by atoms with Crippen molar-refractivity contribution in [2.24, 2.45) is 5.92 Å². The maximum atomic E-state index is 10.5. The highest BCUT2D eigenvalue weighted by molar-refractivity contribution is 7.07. The standard InChI is InChI=1S/C9H13NO2S/c1-7(9(11)12)4-10-5-8-2-3-13-6-8/h2-3,6-7,10H,4-5H2,1H3,(H,11,12). The molecule has 1 aromatic rings. The van der Waals surface area contributed by atoms with Gasteiger partial charge in [-0.3, -0.25) is 4.79 Å². The summed E-state index contributed by atoms with van der Waals surface area (Å²) in [6.07, 6.45) is 0. The maximum absolute atomic E-state index is 10.5. The third-order valence-electron chi connectivity index (χ3n) is 1.78. The lowest BCUT2D eigenvalue weighted by Crippen LogP contribution is -2.25. The van der Waals surface area contributed by atoms with Crippen molar-refractivity contribution in [3.63, 3.8) is 0 Å². The Labute approximate surface area is 81.4 Å². The summed E-state index contributed by atoms with van der Waals surface area (Å²) in [4.78, 5) is 10.5. The van der Waals surface area contributed by atoms with Gasteiger partial charge in [0.15, 0.2) is 0 Å². The first-order chi connectivity index (χ1) is 6.20. The van der Waals surface area contributed by atoms with Crippen LogP contribution in [0, 0.1) is 5.92 Å². The van der Waals surface area contributed by atoms with Crippen LogP contribution in [0.5, 0.6) is 0 Å².